The molecule has 1 aliphatic rings. The molecule has 1 unspecified atom stereocenters. The van der Waals surface area contributed by atoms with E-state index in [1.54, 1.807) is 19.9 Å². The minimum Gasteiger partial charge on any atom is -0.493 e. The van der Waals surface area contributed by atoms with Gasteiger partial charge < -0.3 is 24.6 Å². The van der Waals surface area contributed by atoms with Gasteiger partial charge in [0.05, 0.1) is 36.7 Å². The highest BCUT2D eigenvalue weighted by atomic mass is 19.4. The fraction of sp³-hybridized carbons (Fsp3) is 0.412. The number of nitrogens with one attached hydrogen (secondary N) is 1. The van der Waals surface area contributed by atoms with Crippen molar-refractivity contribution in [2.75, 3.05) is 13.2 Å². The second-order valence-electron chi connectivity index (χ2n) is 11.9. The second-order valence-corrected chi connectivity index (χ2v) is 11.9. The van der Waals surface area contributed by atoms with Crippen molar-refractivity contribution in [3.8, 4) is 23.0 Å². The van der Waals surface area contributed by atoms with Gasteiger partial charge in [-0.3, -0.25) is 19.5 Å². The summed E-state index contributed by atoms with van der Waals surface area (Å²) < 4.78 is 98.1. The standard InChI is InChI=1S/C34H35F6N3O7/c1-6-8-20-15-21(32(47,33(35,36)37)34(38,39)40)9-13-26(20)50-22-10-12-24(27(16-22)48-7-2)25(44)18-43-29(45)31(5,42-30(43)46)28-14-11-23(17-41-28)49-19(3)4/h9-17,19,47H,6-8,18H2,1-5H3,(H,42,46). The van der Waals surface area contributed by atoms with E-state index in [1.165, 1.54) is 37.4 Å². The lowest BCUT2D eigenvalue weighted by atomic mass is 9.90. The largest absolute Gasteiger partial charge is 0.493 e. The van der Waals surface area contributed by atoms with Crippen molar-refractivity contribution in [1.29, 1.82) is 0 Å². The normalized spacial score (nSPS) is 16.9. The smallest absolute Gasteiger partial charge is 0.430 e. The van der Waals surface area contributed by atoms with E-state index in [2.05, 4.69) is 10.3 Å². The number of hydrogen-bond acceptors (Lipinski definition) is 8. The van der Waals surface area contributed by atoms with E-state index < -0.39 is 53.3 Å². The number of amides is 3. The minimum absolute atomic E-state index is 0.0000879. The number of aryl methyl sites for hydroxylation is 1. The Morgan fingerprint density at radius 2 is 1.62 bits per heavy atom. The lowest BCUT2D eigenvalue weighted by Crippen LogP contribution is -2.53. The zero-order chi connectivity index (χ0) is 37.2. The number of halogens is 6. The zero-order valence-electron chi connectivity index (χ0n) is 27.7. The summed E-state index contributed by atoms with van der Waals surface area (Å²) in [5.74, 6) is -1.06. The number of ketones is 1. The average Bonchev–Trinajstić information content (AvgIpc) is 3.24. The van der Waals surface area contributed by atoms with Crippen LogP contribution < -0.4 is 19.5 Å². The Labute approximate surface area is 283 Å². The van der Waals surface area contributed by atoms with E-state index in [4.69, 9.17) is 14.2 Å². The van der Waals surface area contributed by atoms with Gasteiger partial charge in [0, 0.05) is 11.6 Å². The molecule has 3 amide bonds. The van der Waals surface area contributed by atoms with Crippen LogP contribution in [0.25, 0.3) is 0 Å². The first-order chi connectivity index (χ1) is 23.3. The maximum Gasteiger partial charge on any atom is 0.430 e. The molecule has 4 rings (SSSR count). The fourth-order valence-corrected chi connectivity index (χ4v) is 5.32. The van der Waals surface area contributed by atoms with E-state index in [-0.39, 0.29) is 53.2 Å². The number of carbonyl (C=O) groups is 3. The number of aliphatic hydroxyl groups is 1. The number of nitrogens with zero attached hydrogens (tertiary/aromatic N) is 2. The Balaban J connectivity index is 1.58. The lowest BCUT2D eigenvalue weighted by Gasteiger charge is -2.33. The molecule has 2 heterocycles. The number of urea groups is 1. The number of imide groups is 1. The van der Waals surface area contributed by atoms with Gasteiger partial charge in [-0.1, -0.05) is 19.4 Å². The number of carbonyl (C=O) groups excluding carboxylic acids is 3. The van der Waals surface area contributed by atoms with Gasteiger partial charge in [0.1, 0.15) is 23.0 Å². The first-order valence-corrected chi connectivity index (χ1v) is 15.5. The van der Waals surface area contributed by atoms with Gasteiger partial charge in [-0.15, -0.1) is 0 Å². The lowest BCUT2D eigenvalue weighted by molar-refractivity contribution is -0.376. The van der Waals surface area contributed by atoms with Gasteiger partial charge in [-0.25, -0.2) is 4.79 Å². The molecular formula is C34H35F6N3O7. The summed E-state index contributed by atoms with van der Waals surface area (Å²) in [4.78, 5) is 44.8. The van der Waals surface area contributed by atoms with Crippen molar-refractivity contribution in [3.63, 3.8) is 0 Å². The van der Waals surface area contributed by atoms with Gasteiger partial charge in [0.25, 0.3) is 11.5 Å². The summed E-state index contributed by atoms with van der Waals surface area (Å²) in [6, 6.07) is 8.13. The molecular weight excluding hydrogens is 676 g/mol. The van der Waals surface area contributed by atoms with Gasteiger partial charge in [-0.2, -0.15) is 26.3 Å². The van der Waals surface area contributed by atoms with Crippen LogP contribution in [0.3, 0.4) is 0 Å². The molecule has 1 saturated heterocycles. The number of rotatable bonds is 13. The van der Waals surface area contributed by atoms with Gasteiger partial charge in [0.15, 0.2) is 11.3 Å². The van der Waals surface area contributed by atoms with E-state index in [0.717, 1.165) is 11.0 Å². The van der Waals surface area contributed by atoms with E-state index >= 15 is 0 Å². The highest BCUT2D eigenvalue weighted by molar-refractivity contribution is 6.11. The second kappa shape index (κ2) is 14.2. The van der Waals surface area contributed by atoms with Crippen molar-refractivity contribution in [1.82, 2.24) is 15.2 Å². The molecule has 2 aromatic carbocycles. The molecule has 1 atom stereocenters. The van der Waals surface area contributed by atoms with Crippen LogP contribution in [0, 0.1) is 0 Å². The predicted molar refractivity (Wildman–Crippen MR) is 166 cm³/mol. The number of pyridine rings is 1. The van der Waals surface area contributed by atoms with Crippen molar-refractivity contribution in [2.45, 2.75) is 77.1 Å². The van der Waals surface area contributed by atoms with Gasteiger partial charge in [-0.05, 0) is 76.1 Å². The van der Waals surface area contributed by atoms with Crippen LogP contribution in [0.1, 0.15) is 68.2 Å². The molecule has 0 spiro atoms. The summed E-state index contributed by atoms with van der Waals surface area (Å²) in [5.41, 5.74) is -7.97. The maximum atomic E-state index is 13.5. The number of aromatic nitrogens is 1. The molecule has 0 bridgehead atoms. The average molecular weight is 712 g/mol. The Kier molecular flexibility index (Phi) is 10.8. The summed E-state index contributed by atoms with van der Waals surface area (Å²) in [6.07, 6.45) is -10.5. The number of alkyl halides is 6. The Morgan fingerprint density at radius 1 is 0.960 bits per heavy atom. The molecule has 1 aliphatic heterocycles. The third-order valence-corrected chi connectivity index (χ3v) is 7.80. The molecule has 1 fully saturated rings. The third-order valence-electron chi connectivity index (χ3n) is 7.80. The molecule has 270 valence electrons. The molecule has 50 heavy (non-hydrogen) atoms. The monoisotopic (exact) mass is 711 g/mol. The summed E-state index contributed by atoms with van der Waals surface area (Å²) in [6.45, 7) is 7.78. The SMILES string of the molecule is CCCc1cc(C(O)(C(F)(F)F)C(F)(F)F)ccc1Oc1ccc(C(=O)CN2C(=O)NC(C)(c3ccc(OC(C)C)cn3)C2=O)c(OCC)c1. The van der Waals surface area contributed by atoms with E-state index in [0.29, 0.717) is 24.3 Å². The maximum absolute atomic E-state index is 13.5. The predicted octanol–water partition coefficient (Wildman–Crippen LogP) is 6.97. The molecule has 3 aromatic rings. The molecule has 0 saturated carbocycles. The summed E-state index contributed by atoms with van der Waals surface area (Å²) in [5, 5.41) is 12.4. The van der Waals surface area contributed by atoms with Gasteiger partial charge in [0.2, 0.25) is 0 Å². The third kappa shape index (κ3) is 7.34. The summed E-state index contributed by atoms with van der Waals surface area (Å²) in [7, 11) is 0. The van der Waals surface area contributed by atoms with Crippen molar-refractivity contribution in [3.05, 3.63) is 77.1 Å². The zero-order valence-corrected chi connectivity index (χ0v) is 27.7. The van der Waals surface area contributed by atoms with Crippen LogP contribution in [-0.4, -0.2) is 64.3 Å². The molecule has 1 aromatic heterocycles. The van der Waals surface area contributed by atoms with Crippen molar-refractivity contribution < 1.29 is 60.0 Å². The quantitative estimate of drug-likeness (QED) is 0.111. The van der Waals surface area contributed by atoms with Gasteiger partial charge >= 0.3 is 18.4 Å². The van der Waals surface area contributed by atoms with E-state index in [9.17, 15) is 45.8 Å². The van der Waals surface area contributed by atoms with Crippen LogP contribution in [0.15, 0.2) is 54.7 Å². The Morgan fingerprint density at radius 3 is 2.18 bits per heavy atom. The fourth-order valence-electron chi connectivity index (χ4n) is 5.32. The van der Waals surface area contributed by atoms with Crippen molar-refractivity contribution >= 4 is 17.7 Å². The van der Waals surface area contributed by atoms with Crippen molar-refractivity contribution in [2.24, 2.45) is 0 Å². The molecule has 0 aliphatic carbocycles. The molecule has 2 N–H and O–H groups in total. The minimum atomic E-state index is -6.06. The topological polar surface area (TPSA) is 127 Å². The Bertz CT molecular complexity index is 1730. The molecule has 10 nitrogen and oxygen atoms in total. The van der Waals surface area contributed by atoms with Crippen LogP contribution in [-0.2, 0) is 22.4 Å². The highest BCUT2D eigenvalue weighted by Gasteiger charge is 2.71. The first kappa shape index (κ1) is 38.0. The molecule has 0 radical (unpaired) electrons. The number of Topliss-reactive ketones (excluding diaryl/α,β-unsaturated/α-hetero) is 1. The van der Waals surface area contributed by atoms with Crippen LogP contribution in [0.2, 0.25) is 0 Å². The first-order valence-electron chi connectivity index (χ1n) is 15.5. The summed E-state index contributed by atoms with van der Waals surface area (Å²) >= 11 is 0. The number of hydrogen-bond donors (Lipinski definition) is 2. The van der Waals surface area contributed by atoms with Crippen LogP contribution >= 0.6 is 0 Å². The highest BCUT2D eigenvalue weighted by Crippen LogP contribution is 2.50. The Hall–Kier alpha value is -4.86. The molecule has 16 heteroatoms. The van der Waals surface area contributed by atoms with E-state index in [1.807, 2.05) is 13.8 Å². The number of benzene rings is 2. The van der Waals surface area contributed by atoms with Crippen LogP contribution in [0.5, 0.6) is 23.0 Å². The number of ether oxygens (including phenoxy) is 3. The van der Waals surface area contributed by atoms with Crippen LogP contribution in [0.4, 0.5) is 31.1 Å².